The van der Waals surface area contributed by atoms with Crippen molar-refractivity contribution in [1.29, 1.82) is 0 Å². The third kappa shape index (κ3) is 3.77. The number of rotatable bonds is 5. The lowest BCUT2D eigenvalue weighted by molar-refractivity contribution is -0.121. The fourth-order valence-electron chi connectivity index (χ4n) is 2.66. The van der Waals surface area contributed by atoms with Crippen LogP contribution in [0.1, 0.15) is 23.2 Å². The average Bonchev–Trinajstić information content (AvgIpc) is 3.00. The quantitative estimate of drug-likeness (QED) is 0.767. The van der Waals surface area contributed by atoms with Gasteiger partial charge in [0.1, 0.15) is 0 Å². The normalized spacial score (nSPS) is 14.6. The van der Waals surface area contributed by atoms with E-state index >= 15 is 0 Å². The van der Waals surface area contributed by atoms with Crippen molar-refractivity contribution in [1.82, 2.24) is 0 Å². The molecule has 0 unspecified atom stereocenters. The first kappa shape index (κ1) is 19.6. The van der Waals surface area contributed by atoms with Crippen molar-refractivity contribution in [2.45, 2.75) is 23.5 Å². The molecule has 28 heavy (non-hydrogen) atoms. The van der Waals surface area contributed by atoms with Crippen molar-refractivity contribution in [3.63, 3.8) is 0 Å². The van der Waals surface area contributed by atoms with Gasteiger partial charge in [0.25, 0.3) is 5.91 Å². The molecule has 0 saturated carbocycles. The Kier molecular flexibility index (Phi) is 5.23. The zero-order chi connectivity index (χ0) is 20.5. The van der Waals surface area contributed by atoms with Crippen LogP contribution in [0.4, 0.5) is 20.2 Å². The highest BCUT2D eigenvalue weighted by Gasteiger charge is 2.30. The summed E-state index contributed by atoms with van der Waals surface area (Å²) in [5, 5.41) is 2.50. The molecule has 2 aromatic rings. The van der Waals surface area contributed by atoms with E-state index in [0.29, 0.717) is 5.69 Å². The number of hydrogen-bond donors (Lipinski definition) is 1. The molecule has 1 aliphatic rings. The minimum Gasteiger partial charge on any atom is -0.322 e. The minimum atomic E-state index is -4.70. The average molecular weight is 408 g/mol. The van der Waals surface area contributed by atoms with Crippen molar-refractivity contribution in [3.05, 3.63) is 54.1 Å². The molecule has 1 N–H and O–H groups in total. The molecule has 0 atom stereocenters. The summed E-state index contributed by atoms with van der Waals surface area (Å²) in [6.07, 6.45) is 0.302. The summed E-state index contributed by atoms with van der Waals surface area (Å²) in [5.41, 5.74) is 0.810. The molecule has 1 heterocycles. The molecule has 3 amide bonds. The SMILES string of the molecule is O=C(Nc1ccc(S(=O)(=O)C(F)F)cc1)c1ccc(N2C(=O)CCC2=O)cc1. The van der Waals surface area contributed by atoms with Crippen LogP contribution in [0.15, 0.2) is 53.4 Å². The van der Waals surface area contributed by atoms with E-state index in [1.807, 2.05) is 0 Å². The largest absolute Gasteiger partial charge is 0.341 e. The maximum absolute atomic E-state index is 12.5. The Bertz CT molecular complexity index is 1020. The van der Waals surface area contributed by atoms with Gasteiger partial charge in [-0.1, -0.05) is 0 Å². The van der Waals surface area contributed by atoms with Crippen LogP contribution in [0.2, 0.25) is 0 Å². The van der Waals surface area contributed by atoms with Crippen LogP contribution in [-0.2, 0) is 19.4 Å². The predicted octanol–water partition coefficient (Wildman–Crippen LogP) is 2.59. The summed E-state index contributed by atoms with van der Waals surface area (Å²) in [4.78, 5) is 36.2. The Morgan fingerprint density at radius 3 is 1.96 bits per heavy atom. The van der Waals surface area contributed by atoms with Gasteiger partial charge < -0.3 is 5.32 Å². The zero-order valence-electron chi connectivity index (χ0n) is 14.3. The van der Waals surface area contributed by atoms with Crippen molar-refractivity contribution in [2.75, 3.05) is 10.2 Å². The van der Waals surface area contributed by atoms with Gasteiger partial charge in [0.05, 0.1) is 10.6 Å². The molecule has 7 nitrogen and oxygen atoms in total. The molecule has 0 aliphatic carbocycles. The molecule has 10 heteroatoms. The van der Waals surface area contributed by atoms with E-state index in [2.05, 4.69) is 5.32 Å². The predicted molar refractivity (Wildman–Crippen MR) is 95.8 cm³/mol. The lowest BCUT2D eigenvalue weighted by atomic mass is 10.1. The Hall–Kier alpha value is -3.14. The van der Waals surface area contributed by atoms with Crippen LogP contribution in [0.25, 0.3) is 0 Å². The molecular weight excluding hydrogens is 394 g/mol. The maximum atomic E-state index is 12.5. The molecular formula is C18H14F2N2O5S. The van der Waals surface area contributed by atoms with E-state index in [1.165, 1.54) is 36.4 Å². The number of alkyl halides is 2. The van der Waals surface area contributed by atoms with Gasteiger partial charge in [-0.05, 0) is 48.5 Å². The Balaban J connectivity index is 1.71. The zero-order valence-corrected chi connectivity index (χ0v) is 15.1. The van der Waals surface area contributed by atoms with E-state index in [-0.39, 0.29) is 35.9 Å². The van der Waals surface area contributed by atoms with E-state index < -0.39 is 26.4 Å². The van der Waals surface area contributed by atoms with Gasteiger partial charge >= 0.3 is 5.76 Å². The number of nitrogens with zero attached hydrogens (tertiary/aromatic N) is 1. The number of hydrogen-bond acceptors (Lipinski definition) is 5. The van der Waals surface area contributed by atoms with E-state index in [0.717, 1.165) is 17.0 Å². The highest BCUT2D eigenvalue weighted by molar-refractivity contribution is 7.91. The number of nitrogens with one attached hydrogen (secondary N) is 1. The summed E-state index contributed by atoms with van der Waals surface area (Å²) in [6, 6.07) is 10.1. The third-order valence-corrected chi connectivity index (χ3v) is 5.51. The highest BCUT2D eigenvalue weighted by atomic mass is 32.2. The molecule has 0 bridgehead atoms. The summed E-state index contributed by atoms with van der Waals surface area (Å²) in [7, 11) is -4.70. The third-order valence-electron chi connectivity index (χ3n) is 4.11. The molecule has 0 spiro atoms. The summed E-state index contributed by atoms with van der Waals surface area (Å²) in [6.45, 7) is 0. The first-order valence-electron chi connectivity index (χ1n) is 8.09. The van der Waals surface area contributed by atoms with Gasteiger partial charge in [-0.15, -0.1) is 0 Å². The standard InChI is InChI=1S/C18H14F2N2O5S/c19-18(20)28(26,27)14-7-3-12(4-8-14)21-17(25)11-1-5-13(6-2-11)22-15(23)9-10-16(22)24/h1-8,18H,9-10H2,(H,21,25). The lowest BCUT2D eigenvalue weighted by Crippen LogP contribution is -2.28. The number of carbonyl (C=O) groups excluding carboxylic acids is 3. The van der Waals surface area contributed by atoms with E-state index in [4.69, 9.17) is 0 Å². The summed E-state index contributed by atoms with van der Waals surface area (Å²) in [5.74, 6) is -4.67. The van der Waals surface area contributed by atoms with Crippen LogP contribution in [0.5, 0.6) is 0 Å². The lowest BCUT2D eigenvalue weighted by Gasteiger charge is -2.14. The first-order valence-corrected chi connectivity index (χ1v) is 9.64. The highest BCUT2D eigenvalue weighted by Crippen LogP contribution is 2.24. The number of anilines is 2. The van der Waals surface area contributed by atoms with Gasteiger partial charge in [0.15, 0.2) is 0 Å². The van der Waals surface area contributed by atoms with Crippen molar-refractivity contribution >= 4 is 38.9 Å². The maximum Gasteiger partial charge on any atom is 0.341 e. The van der Waals surface area contributed by atoms with E-state index in [9.17, 15) is 31.6 Å². The molecule has 0 radical (unpaired) electrons. The van der Waals surface area contributed by atoms with Crippen LogP contribution in [0.3, 0.4) is 0 Å². The number of sulfone groups is 1. The van der Waals surface area contributed by atoms with Crippen LogP contribution in [0, 0.1) is 0 Å². The molecule has 1 saturated heterocycles. The van der Waals surface area contributed by atoms with E-state index in [1.54, 1.807) is 0 Å². The smallest absolute Gasteiger partial charge is 0.322 e. The van der Waals surface area contributed by atoms with Crippen molar-refractivity contribution in [2.24, 2.45) is 0 Å². The minimum absolute atomic E-state index is 0.151. The number of amides is 3. The van der Waals surface area contributed by atoms with Gasteiger partial charge in [0.2, 0.25) is 21.7 Å². The van der Waals surface area contributed by atoms with Gasteiger partial charge in [-0.25, -0.2) is 8.42 Å². The second kappa shape index (κ2) is 7.47. The topological polar surface area (TPSA) is 101 Å². The number of imide groups is 1. The molecule has 146 valence electrons. The summed E-state index contributed by atoms with van der Waals surface area (Å²) >= 11 is 0. The number of benzene rings is 2. The van der Waals surface area contributed by atoms with Crippen LogP contribution >= 0.6 is 0 Å². The summed E-state index contributed by atoms with van der Waals surface area (Å²) < 4.78 is 47.8. The Labute approximate surface area is 158 Å². The second-order valence-electron chi connectivity index (χ2n) is 5.95. The van der Waals surface area contributed by atoms with Crippen molar-refractivity contribution < 1.29 is 31.6 Å². The molecule has 3 rings (SSSR count). The molecule has 2 aromatic carbocycles. The van der Waals surface area contributed by atoms with Gasteiger partial charge in [-0.3, -0.25) is 19.3 Å². The van der Waals surface area contributed by atoms with Gasteiger partial charge in [0, 0.05) is 24.1 Å². The fourth-order valence-corrected chi connectivity index (χ4v) is 3.38. The molecule has 0 aromatic heterocycles. The fraction of sp³-hybridized carbons (Fsp3) is 0.167. The Morgan fingerprint density at radius 2 is 1.46 bits per heavy atom. The monoisotopic (exact) mass is 408 g/mol. The molecule has 1 aliphatic heterocycles. The van der Waals surface area contributed by atoms with Crippen molar-refractivity contribution in [3.8, 4) is 0 Å². The first-order chi connectivity index (χ1) is 13.2. The van der Waals surface area contributed by atoms with Crippen LogP contribution < -0.4 is 10.2 Å². The Morgan fingerprint density at radius 1 is 0.929 bits per heavy atom. The molecule has 1 fully saturated rings. The second-order valence-corrected chi connectivity index (χ2v) is 7.87. The van der Waals surface area contributed by atoms with Gasteiger partial charge in [-0.2, -0.15) is 8.78 Å². The number of carbonyl (C=O) groups is 3. The van der Waals surface area contributed by atoms with Crippen LogP contribution in [-0.4, -0.2) is 31.9 Å². The number of halogens is 2.